The highest BCUT2D eigenvalue weighted by molar-refractivity contribution is 6.05. The largest absolute Gasteiger partial charge is 0.477 e. The lowest BCUT2D eigenvalue weighted by atomic mass is 10.1. The molecule has 0 saturated carbocycles. The number of aromatic nitrogens is 2. The molecule has 0 aliphatic carbocycles. The van der Waals surface area contributed by atoms with E-state index in [0.717, 1.165) is 9.80 Å². The summed E-state index contributed by atoms with van der Waals surface area (Å²) < 4.78 is 33.4. The minimum absolute atomic E-state index is 0.00846. The molecule has 0 radical (unpaired) electrons. The maximum Gasteiger partial charge on any atom is 0.437 e. The highest BCUT2D eigenvalue weighted by atomic mass is 16.6. The molecule has 1 aromatic heterocycles. The van der Waals surface area contributed by atoms with E-state index in [1.165, 1.54) is 0 Å². The molecule has 0 saturated heterocycles. The van der Waals surface area contributed by atoms with Crippen LogP contribution in [-0.4, -0.2) is 122 Å². The van der Waals surface area contributed by atoms with Crippen molar-refractivity contribution in [2.75, 3.05) is 26.2 Å². The second-order valence-corrected chi connectivity index (χ2v) is 19.5. The molecular formula is C43H73N9O11. The molecular weight excluding hydrogens is 819 g/mol. The van der Waals surface area contributed by atoms with Gasteiger partial charge in [-0.05, 0) is 136 Å². The second kappa shape index (κ2) is 24.3. The van der Waals surface area contributed by atoms with Crippen molar-refractivity contribution >= 4 is 48.1 Å². The van der Waals surface area contributed by atoms with Crippen LogP contribution in [0.3, 0.4) is 0 Å². The first-order valence-corrected chi connectivity index (χ1v) is 21.1. The van der Waals surface area contributed by atoms with Gasteiger partial charge in [0.2, 0.25) is 17.8 Å². The molecule has 20 nitrogen and oxygen atoms in total. The van der Waals surface area contributed by atoms with Gasteiger partial charge in [-0.25, -0.2) is 33.8 Å². The molecule has 0 aliphatic rings. The van der Waals surface area contributed by atoms with Gasteiger partial charge in [-0.1, -0.05) is 19.3 Å². The van der Waals surface area contributed by atoms with Crippen LogP contribution in [0.5, 0.6) is 5.88 Å². The van der Waals surface area contributed by atoms with E-state index in [-0.39, 0.29) is 49.6 Å². The number of ether oxygens (including phenoxy) is 6. The van der Waals surface area contributed by atoms with E-state index in [0.29, 0.717) is 44.3 Å². The van der Waals surface area contributed by atoms with Gasteiger partial charge in [0, 0.05) is 25.7 Å². The highest BCUT2D eigenvalue weighted by Gasteiger charge is 2.35. The summed E-state index contributed by atoms with van der Waals surface area (Å²) >= 11 is 0. The molecule has 0 aliphatic heterocycles. The third kappa shape index (κ3) is 26.5. The van der Waals surface area contributed by atoms with E-state index in [4.69, 9.17) is 33.8 Å². The van der Waals surface area contributed by atoms with Crippen molar-refractivity contribution in [3.63, 3.8) is 0 Å². The van der Waals surface area contributed by atoms with Gasteiger partial charge in [-0.15, -0.1) is 20.2 Å². The number of carbonyl (C=O) groups excluding carboxylic acids is 5. The van der Waals surface area contributed by atoms with Crippen molar-refractivity contribution in [1.82, 2.24) is 30.6 Å². The van der Waals surface area contributed by atoms with E-state index in [1.54, 1.807) is 123 Å². The molecule has 3 N–H and O–H groups in total. The number of carbonyl (C=O) groups is 5. The number of unbranched alkanes of at least 4 members (excludes halogenated alkanes) is 4. The van der Waals surface area contributed by atoms with Gasteiger partial charge in [0.25, 0.3) is 0 Å². The van der Waals surface area contributed by atoms with Crippen molar-refractivity contribution in [2.24, 2.45) is 9.98 Å². The number of hydrogen-bond donors (Lipinski definition) is 3. The number of aliphatic imine (C=N–C) groups is 2. The molecule has 0 aromatic carbocycles. The minimum Gasteiger partial charge on any atom is -0.477 e. The monoisotopic (exact) mass is 892 g/mol. The third-order valence-electron chi connectivity index (χ3n) is 7.16. The molecule has 0 bridgehead atoms. The zero-order chi connectivity index (χ0) is 48.4. The molecule has 0 atom stereocenters. The lowest BCUT2D eigenvalue weighted by molar-refractivity contribution is 0.0268. The van der Waals surface area contributed by atoms with Crippen LogP contribution in [0.15, 0.2) is 22.1 Å². The number of hydrogen-bond acceptors (Lipinski definition) is 14. The first kappa shape index (κ1) is 55.5. The molecule has 0 fully saturated rings. The molecule has 1 rings (SSSR count). The van der Waals surface area contributed by atoms with Crippen molar-refractivity contribution in [3.05, 3.63) is 17.8 Å². The predicted octanol–water partition coefficient (Wildman–Crippen LogP) is 8.75. The summed E-state index contributed by atoms with van der Waals surface area (Å²) in [5.74, 6) is -0.271. The molecule has 356 valence electrons. The fourth-order valence-electron chi connectivity index (χ4n) is 4.83. The average molecular weight is 892 g/mol. The molecule has 0 spiro atoms. The Morgan fingerprint density at radius 1 is 0.603 bits per heavy atom. The predicted molar refractivity (Wildman–Crippen MR) is 238 cm³/mol. The van der Waals surface area contributed by atoms with E-state index in [1.807, 2.05) is 0 Å². The molecule has 63 heavy (non-hydrogen) atoms. The average Bonchev–Trinajstić information content (AvgIpc) is 3.06. The Morgan fingerprint density at radius 3 is 1.52 bits per heavy atom. The number of guanidine groups is 2. The van der Waals surface area contributed by atoms with E-state index in [2.05, 4.69) is 30.8 Å². The van der Waals surface area contributed by atoms with E-state index >= 15 is 0 Å². The topological polar surface area (TPSA) is 246 Å². The molecule has 20 heteroatoms. The van der Waals surface area contributed by atoms with Crippen LogP contribution in [0.1, 0.15) is 155 Å². The van der Waals surface area contributed by atoms with Gasteiger partial charge < -0.3 is 39.1 Å². The summed E-state index contributed by atoms with van der Waals surface area (Å²) in [6.45, 7) is 27.2. The zero-order valence-electron chi connectivity index (χ0n) is 40.4. The molecule has 5 amide bonds. The fourth-order valence-corrected chi connectivity index (χ4v) is 4.83. The summed E-state index contributed by atoms with van der Waals surface area (Å²) in [6, 6.07) is 3.18. The second-order valence-electron chi connectivity index (χ2n) is 19.5. The van der Waals surface area contributed by atoms with Gasteiger partial charge in [-0.3, -0.25) is 5.32 Å². The lowest BCUT2D eigenvalue weighted by Crippen LogP contribution is -2.53. The van der Waals surface area contributed by atoms with E-state index in [9.17, 15) is 24.0 Å². The van der Waals surface area contributed by atoms with Gasteiger partial charge in [0.15, 0.2) is 0 Å². The van der Waals surface area contributed by atoms with Gasteiger partial charge in [0.05, 0.1) is 12.3 Å². The molecule has 1 heterocycles. The summed E-state index contributed by atoms with van der Waals surface area (Å²) in [6.07, 6.45) is -1.29. The first-order valence-electron chi connectivity index (χ1n) is 21.1. The normalized spacial score (nSPS) is 12.7. The number of nitrogens with one attached hydrogen (secondary N) is 3. The highest BCUT2D eigenvalue weighted by Crippen LogP contribution is 2.19. The summed E-state index contributed by atoms with van der Waals surface area (Å²) in [4.78, 5) is 76.5. The van der Waals surface area contributed by atoms with Crippen molar-refractivity contribution in [3.8, 4) is 5.88 Å². The minimum atomic E-state index is -1.05. The van der Waals surface area contributed by atoms with Crippen LogP contribution in [-0.2, 0) is 23.7 Å². The summed E-state index contributed by atoms with van der Waals surface area (Å²) in [7, 11) is 0. The van der Waals surface area contributed by atoms with Crippen molar-refractivity contribution in [1.29, 1.82) is 5.41 Å². The Balaban J connectivity index is 3.32. The maximum absolute atomic E-state index is 14.0. The van der Waals surface area contributed by atoms with Crippen LogP contribution < -0.4 is 15.4 Å². The standard InChI is InChI=1S/C43H73N9O11/c1-29(44)30-23-24-31(50-49-30)58-28-22-27-52(38(57)63-43(14,15)16)33(48-36(55)61-41(8,9)10)51(37(56)62-42(11,12)13)26-21-19-17-18-20-25-45-32(46-34(53)59-39(2,3)4)47-35(54)60-40(5,6)7/h23-24,44H,17-22,25-28H2,1-16H3,(H2,45,46,47,53,54)/b44-29?,48-33-. The van der Waals surface area contributed by atoms with E-state index < -0.39 is 58.5 Å². The molecule has 1 aromatic rings. The molecule has 0 unspecified atom stereocenters. The number of amides is 5. The third-order valence-corrected chi connectivity index (χ3v) is 7.16. The Hall–Kier alpha value is -5.56. The first-order chi connectivity index (χ1) is 28.7. The quantitative estimate of drug-likeness (QED) is 0.0684. The Labute approximate surface area is 373 Å². The smallest absolute Gasteiger partial charge is 0.437 e. The number of rotatable bonds is 14. The Kier molecular flexibility index (Phi) is 21.4. The van der Waals surface area contributed by atoms with Crippen LogP contribution in [0.2, 0.25) is 0 Å². The number of nitrogens with zero attached hydrogens (tertiary/aromatic N) is 6. The van der Waals surface area contributed by atoms with Gasteiger partial charge in [-0.2, -0.15) is 0 Å². The fraction of sp³-hybridized carbons (Fsp3) is 0.721. The van der Waals surface area contributed by atoms with Crippen LogP contribution in [0.25, 0.3) is 0 Å². The zero-order valence-corrected chi connectivity index (χ0v) is 40.4. The lowest BCUT2D eigenvalue weighted by Gasteiger charge is -2.34. The Bertz CT molecular complexity index is 1750. The summed E-state index contributed by atoms with van der Waals surface area (Å²) in [5.41, 5.74) is -3.82. The summed E-state index contributed by atoms with van der Waals surface area (Å²) in [5, 5.41) is 21.1. The van der Waals surface area contributed by atoms with Crippen molar-refractivity contribution < 1.29 is 52.4 Å². The maximum atomic E-state index is 14.0. The van der Waals surface area contributed by atoms with Gasteiger partial charge in [0.1, 0.15) is 33.7 Å². The number of alkyl carbamates (subject to hydrolysis) is 1. The van der Waals surface area contributed by atoms with Crippen LogP contribution >= 0.6 is 0 Å². The van der Waals surface area contributed by atoms with Crippen LogP contribution in [0.4, 0.5) is 24.0 Å². The SMILES string of the molecule is CC(=N)c1ccc(OCCCN(C(=O)OC(C)(C)C)/C(=N\C(=O)OC(C)(C)C)N(CCCCCCCN/C(=N\C(=O)OC(C)(C)C)NC(=O)OC(C)(C)C)C(=O)OC(C)(C)C)nn1. The Morgan fingerprint density at radius 2 is 1.06 bits per heavy atom. The van der Waals surface area contributed by atoms with Gasteiger partial charge >= 0.3 is 30.5 Å². The van der Waals surface area contributed by atoms with Crippen molar-refractivity contribution in [2.45, 2.75) is 177 Å². The van der Waals surface area contributed by atoms with Crippen LogP contribution in [0, 0.1) is 5.41 Å².